The minimum atomic E-state index is 0.371. The number of benzene rings is 1. The van der Waals surface area contributed by atoms with E-state index in [0.29, 0.717) is 11.5 Å². The van der Waals surface area contributed by atoms with Gasteiger partial charge in [-0.3, -0.25) is 0 Å². The molecule has 4 aliphatic rings. The molecular formula is C18H23Cl2N. The van der Waals surface area contributed by atoms with Crippen LogP contribution >= 0.6 is 23.2 Å². The van der Waals surface area contributed by atoms with Crippen LogP contribution in [0.25, 0.3) is 0 Å². The molecule has 0 radical (unpaired) electrons. The number of halogens is 2. The second-order valence-corrected chi connectivity index (χ2v) is 8.51. The molecule has 114 valence electrons. The Morgan fingerprint density at radius 3 is 2.10 bits per heavy atom. The van der Waals surface area contributed by atoms with Crippen molar-refractivity contribution < 1.29 is 0 Å². The summed E-state index contributed by atoms with van der Waals surface area (Å²) in [6.07, 6.45) is 8.56. The van der Waals surface area contributed by atoms with Crippen molar-refractivity contribution in [2.75, 3.05) is 7.05 Å². The summed E-state index contributed by atoms with van der Waals surface area (Å²) in [4.78, 5) is 0. The van der Waals surface area contributed by atoms with E-state index < -0.39 is 0 Å². The fraction of sp³-hybridized carbons (Fsp3) is 0.667. The molecule has 1 N–H and O–H groups in total. The molecule has 5 rings (SSSR count). The van der Waals surface area contributed by atoms with Gasteiger partial charge >= 0.3 is 0 Å². The van der Waals surface area contributed by atoms with E-state index in [4.69, 9.17) is 23.2 Å². The zero-order chi connectivity index (χ0) is 14.6. The number of hydrogen-bond acceptors (Lipinski definition) is 1. The Morgan fingerprint density at radius 2 is 1.62 bits per heavy atom. The molecule has 0 amide bonds. The minimum absolute atomic E-state index is 0.371. The summed E-state index contributed by atoms with van der Waals surface area (Å²) in [7, 11) is 2.09. The largest absolute Gasteiger partial charge is 0.312 e. The first-order valence-electron chi connectivity index (χ1n) is 8.22. The van der Waals surface area contributed by atoms with Gasteiger partial charge in [-0.05, 0) is 86.4 Å². The molecule has 1 nitrogen and oxygen atoms in total. The van der Waals surface area contributed by atoms with Crippen molar-refractivity contribution in [3.05, 3.63) is 33.8 Å². The van der Waals surface area contributed by atoms with Crippen LogP contribution in [0.1, 0.15) is 50.1 Å². The Bertz CT molecular complexity index is 519. The third-order valence-corrected chi connectivity index (χ3v) is 6.82. The van der Waals surface area contributed by atoms with Crippen LogP contribution in [0.5, 0.6) is 0 Å². The standard InChI is InChI=1S/C18H23Cl2N/c1-21-17(15-3-2-14(19)7-16(15)20)18-8-11-4-12(9-18)6-13(5-11)10-18/h2-3,7,11-13,17,21H,4-6,8-10H2,1H3. The first-order chi connectivity index (χ1) is 10.1. The smallest absolute Gasteiger partial charge is 0.0468 e. The molecule has 1 aromatic carbocycles. The van der Waals surface area contributed by atoms with Crippen molar-refractivity contribution in [3.63, 3.8) is 0 Å². The van der Waals surface area contributed by atoms with Crippen LogP contribution in [-0.2, 0) is 0 Å². The quantitative estimate of drug-likeness (QED) is 0.777. The molecule has 0 aliphatic heterocycles. The van der Waals surface area contributed by atoms with Gasteiger partial charge in [0.1, 0.15) is 0 Å². The summed E-state index contributed by atoms with van der Waals surface area (Å²) in [5, 5.41) is 5.15. The van der Waals surface area contributed by atoms with Gasteiger partial charge in [0.15, 0.2) is 0 Å². The topological polar surface area (TPSA) is 12.0 Å². The lowest BCUT2D eigenvalue weighted by Crippen LogP contribution is -2.51. The fourth-order valence-corrected chi connectivity index (χ4v) is 6.58. The summed E-state index contributed by atoms with van der Waals surface area (Å²) in [5.41, 5.74) is 1.66. The van der Waals surface area contributed by atoms with Crippen molar-refractivity contribution in [1.82, 2.24) is 5.32 Å². The van der Waals surface area contributed by atoms with Gasteiger partial charge in [0.25, 0.3) is 0 Å². The second kappa shape index (κ2) is 5.15. The fourth-order valence-electron chi connectivity index (χ4n) is 6.06. The zero-order valence-electron chi connectivity index (χ0n) is 12.5. The highest BCUT2D eigenvalue weighted by Crippen LogP contribution is 2.64. The van der Waals surface area contributed by atoms with Crippen molar-refractivity contribution in [2.45, 2.75) is 44.6 Å². The predicted molar refractivity (Wildman–Crippen MR) is 88.9 cm³/mol. The summed E-state index contributed by atoms with van der Waals surface area (Å²) in [6.45, 7) is 0. The molecule has 0 spiro atoms. The van der Waals surface area contributed by atoms with Crippen molar-refractivity contribution in [1.29, 1.82) is 0 Å². The van der Waals surface area contributed by atoms with Gasteiger partial charge in [-0.1, -0.05) is 29.3 Å². The Hall–Kier alpha value is -0.240. The van der Waals surface area contributed by atoms with Gasteiger partial charge in [0, 0.05) is 16.1 Å². The summed E-state index contributed by atoms with van der Waals surface area (Å²) in [5.74, 6) is 2.87. The molecule has 0 heterocycles. The van der Waals surface area contributed by atoms with E-state index in [1.165, 1.54) is 44.1 Å². The van der Waals surface area contributed by atoms with E-state index in [0.717, 1.165) is 27.8 Å². The predicted octanol–water partition coefficient (Wildman–Crippen LogP) is 5.47. The zero-order valence-corrected chi connectivity index (χ0v) is 14.1. The van der Waals surface area contributed by atoms with Gasteiger partial charge in [0.05, 0.1) is 0 Å². The molecular weight excluding hydrogens is 301 g/mol. The maximum Gasteiger partial charge on any atom is 0.0468 e. The highest BCUT2D eigenvalue weighted by Gasteiger charge is 2.54. The molecule has 4 fully saturated rings. The average Bonchev–Trinajstić information content (AvgIpc) is 2.40. The van der Waals surface area contributed by atoms with Crippen LogP contribution in [0.15, 0.2) is 18.2 Å². The Kier molecular flexibility index (Phi) is 3.52. The third-order valence-electron chi connectivity index (χ3n) is 6.26. The van der Waals surface area contributed by atoms with E-state index in [-0.39, 0.29) is 0 Å². The van der Waals surface area contributed by atoms with E-state index >= 15 is 0 Å². The van der Waals surface area contributed by atoms with Crippen LogP contribution in [0, 0.1) is 23.2 Å². The lowest BCUT2D eigenvalue weighted by molar-refractivity contribution is -0.0735. The Labute approximate surface area is 137 Å². The minimum Gasteiger partial charge on any atom is -0.312 e. The molecule has 4 aliphatic carbocycles. The molecule has 0 saturated heterocycles. The summed E-state index contributed by atoms with van der Waals surface area (Å²) in [6, 6.07) is 6.37. The van der Waals surface area contributed by atoms with Crippen LogP contribution in [0.2, 0.25) is 10.0 Å². The van der Waals surface area contributed by atoms with Gasteiger partial charge < -0.3 is 5.32 Å². The van der Waals surface area contributed by atoms with Crippen LogP contribution in [-0.4, -0.2) is 7.05 Å². The highest BCUT2D eigenvalue weighted by molar-refractivity contribution is 6.35. The van der Waals surface area contributed by atoms with E-state index in [9.17, 15) is 0 Å². The normalized spacial score (nSPS) is 38.7. The lowest BCUT2D eigenvalue weighted by atomic mass is 9.47. The van der Waals surface area contributed by atoms with Crippen LogP contribution in [0.3, 0.4) is 0 Å². The Balaban J connectivity index is 1.72. The molecule has 1 unspecified atom stereocenters. The van der Waals surface area contributed by atoms with E-state index in [2.05, 4.69) is 18.4 Å². The third kappa shape index (κ3) is 2.33. The first kappa shape index (κ1) is 14.4. The number of hydrogen-bond donors (Lipinski definition) is 1. The molecule has 4 saturated carbocycles. The molecule has 4 bridgehead atoms. The van der Waals surface area contributed by atoms with Gasteiger partial charge in [-0.25, -0.2) is 0 Å². The second-order valence-electron chi connectivity index (χ2n) is 7.67. The number of nitrogens with one attached hydrogen (secondary N) is 1. The maximum atomic E-state index is 6.52. The maximum absolute atomic E-state index is 6.52. The average molecular weight is 324 g/mol. The molecule has 0 aromatic heterocycles. The first-order valence-corrected chi connectivity index (χ1v) is 8.97. The summed E-state index contributed by atoms with van der Waals surface area (Å²) >= 11 is 12.6. The summed E-state index contributed by atoms with van der Waals surface area (Å²) < 4.78 is 0. The van der Waals surface area contributed by atoms with Crippen molar-refractivity contribution in [2.24, 2.45) is 23.2 Å². The Morgan fingerprint density at radius 1 is 1.05 bits per heavy atom. The highest BCUT2D eigenvalue weighted by atomic mass is 35.5. The molecule has 1 atom stereocenters. The van der Waals surface area contributed by atoms with Gasteiger partial charge in [-0.15, -0.1) is 0 Å². The van der Waals surface area contributed by atoms with Crippen molar-refractivity contribution in [3.8, 4) is 0 Å². The van der Waals surface area contributed by atoms with E-state index in [1.807, 2.05) is 12.1 Å². The number of rotatable bonds is 3. The molecule has 1 aromatic rings. The van der Waals surface area contributed by atoms with Crippen LogP contribution < -0.4 is 5.32 Å². The molecule has 3 heteroatoms. The lowest BCUT2D eigenvalue weighted by Gasteiger charge is -2.59. The van der Waals surface area contributed by atoms with Crippen molar-refractivity contribution >= 4 is 23.2 Å². The van der Waals surface area contributed by atoms with E-state index in [1.54, 1.807) is 0 Å². The SMILES string of the molecule is CNC(c1ccc(Cl)cc1Cl)C12CC3CC(CC(C3)C1)C2. The van der Waals surface area contributed by atoms with Gasteiger partial charge in [0.2, 0.25) is 0 Å². The monoisotopic (exact) mass is 323 g/mol. The van der Waals surface area contributed by atoms with Gasteiger partial charge in [-0.2, -0.15) is 0 Å². The van der Waals surface area contributed by atoms with Crippen LogP contribution in [0.4, 0.5) is 0 Å². The molecule has 21 heavy (non-hydrogen) atoms.